The maximum Gasteiger partial charge on any atom is 0.303 e. The van der Waals surface area contributed by atoms with E-state index < -0.39 is 5.97 Å². The summed E-state index contributed by atoms with van der Waals surface area (Å²) in [5.41, 5.74) is 0.00188. The van der Waals surface area contributed by atoms with Crippen molar-refractivity contribution in [1.82, 2.24) is 4.90 Å². The van der Waals surface area contributed by atoms with Crippen molar-refractivity contribution in [2.45, 2.75) is 46.1 Å². The van der Waals surface area contributed by atoms with Gasteiger partial charge in [0.15, 0.2) is 0 Å². The number of nitrogens with zero attached hydrogens (tertiary/aromatic N) is 1. The molecule has 0 radical (unpaired) electrons. The largest absolute Gasteiger partial charge is 0.481 e. The molecule has 3 heteroatoms. The summed E-state index contributed by atoms with van der Waals surface area (Å²) in [5, 5.41) is 8.59. The lowest BCUT2D eigenvalue weighted by molar-refractivity contribution is -0.137. The number of hydrogen-bond donors (Lipinski definition) is 1. The number of carbonyl (C=O) groups is 1. The van der Waals surface area contributed by atoms with Crippen LogP contribution in [0.15, 0.2) is 0 Å². The van der Waals surface area contributed by atoms with E-state index in [-0.39, 0.29) is 12.0 Å². The zero-order valence-corrected chi connectivity index (χ0v) is 9.13. The van der Waals surface area contributed by atoms with Crippen LogP contribution in [-0.4, -0.2) is 34.6 Å². The van der Waals surface area contributed by atoms with E-state index >= 15 is 0 Å². The molecule has 0 aromatic carbocycles. The molecule has 0 saturated heterocycles. The highest BCUT2D eigenvalue weighted by atomic mass is 16.4. The normalized spacial score (nSPS) is 12.1. The predicted octanol–water partition coefficient (Wildman–Crippen LogP) is 1.97. The first-order chi connectivity index (χ1) is 5.94. The highest BCUT2D eigenvalue weighted by Gasteiger charge is 2.24. The molecule has 0 amide bonds. The first-order valence-corrected chi connectivity index (χ1v) is 4.91. The molecule has 0 atom stereocenters. The van der Waals surface area contributed by atoms with Gasteiger partial charge in [-0.05, 0) is 33.4 Å². The van der Waals surface area contributed by atoms with E-state index in [2.05, 4.69) is 32.6 Å². The Hall–Kier alpha value is -0.570. The summed E-state index contributed by atoms with van der Waals surface area (Å²) in [6.07, 6.45) is 0.966. The van der Waals surface area contributed by atoms with Crippen LogP contribution in [0, 0.1) is 0 Å². The fourth-order valence-corrected chi connectivity index (χ4v) is 1.65. The van der Waals surface area contributed by atoms with Crippen LogP contribution >= 0.6 is 0 Å². The van der Waals surface area contributed by atoms with E-state index in [0.29, 0.717) is 6.42 Å². The Morgan fingerprint density at radius 2 is 1.77 bits per heavy atom. The first-order valence-electron chi connectivity index (χ1n) is 4.91. The third-order valence-corrected chi connectivity index (χ3v) is 2.57. The van der Waals surface area contributed by atoms with Crippen LogP contribution in [0.3, 0.4) is 0 Å². The summed E-state index contributed by atoms with van der Waals surface area (Å²) in [6, 6.07) is 0. The lowest BCUT2D eigenvalue weighted by Gasteiger charge is -2.37. The van der Waals surface area contributed by atoms with E-state index in [0.717, 1.165) is 13.1 Å². The third-order valence-electron chi connectivity index (χ3n) is 2.57. The van der Waals surface area contributed by atoms with Crippen LogP contribution in [-0.2, 0) is 4.79 Å². The minimum Gasteiger partial charge on any atom is -0.481 e. The quantitative estimate of drug-likeness (QED) is 0.691. The van der Waals surface area contributed by atoms with Gasteiger partial charge in [0, 0.05) is 12.0 Å². The summed E-state index contributed by atoms with van der Waals surface area (Å²) < 4.78 is 0. The van der Waals surface area contributed by atoms with Gasteiger partial charge in [0.1, 0.15) is 0 Å². The predicted molar refractivity (Wildman–Crippen MR) is 53.9 cm³/mol. The molecule has 0 saturated carbocycles. The van der Waals surface area contributed by atoms with Gasteiger partial charge >= 0.3 is 5.97 Å². The van der Waals surface area contributed by atoms with Crippen molar-refractivity contribution >= 4 is 5.97 Å². The van der Waals surface area contributed by atoms with Gasteiger partial charge in [0.2, 0.25) is 0 Å². The van der Waals surface area contributed by atoms with Gasteiger partial charge in [-0.3, -0.25) is 9.69 Å². The molecular formula is C10H21NO2. The molecule has 0 aromatic heterocycles. The van der Waals surface area contributed by atoms with Crippen LogP contribution in [0.25, 0.3) is 0 Å². The number of carboxylic acid groups (broad SMARTS) is 1. The van der Waals surface area contributed by atoms with Crippen LogP contribution < -0.4 is 0 Å². The van der Waals surface area contributed by atoms with Crippen LogP contribution in [0.1, 0.15) is 40.5 Å². The number of hydrogen-bond acceptors (Lipinski definition) is 2. The molecule has 0 rings (SSSR count). The van der Waals surface area contributed by atoms with Gasteiger partial charge in [0.05, 0.1) is 0 Å². The maximum absolute atomic E-state index is 10.4. The zero-order valence-electron chi connectivity index (χ0n) is 9.13. The average Bonchev–Trinajstić information content (AvgIpc) is 2.03. The Bertz CT molecular complexity index is 162. The topological polar surface area (TPSA) is 40.5 Å². The molecule has 0 bridgehead atoms. The van der Waals surface area contributed by atoms with E-state index in [1.165, 1.54) is 0 Å². The molecular weight excluding hydrogens is 166 g/mol. The summed E-state index contributed by atoms with van der Waals surface area (Å²) in [6.45, 7) is 10.4. The average molecular weight is 187 g/mol. The second-order valence-corrected chi connectivity index (χ2v) is 3.88. The second kappa shape index (κ2) is 5.22. The van der Waals surface area contributed by atoms with Gasteiger partial charge < -0.3 is 5.11 Å². The van der Waals surface area contributed by atoms with Gasteiger partial charge in [-0.2, -0.15) is 0 Å². The van der Waals surface area contributed by atoms with Crippen LogP contribution in [0.5, 0.6) is 0 Å². The molecule has 1 N–H and O–H groups in total. The Morgan fingerprint density at radius 1 is 1.31 bits per heavy atom. The van der Waals surface area contributed by atoms with Crippen molar-refractivity contribution in [3.63, 3.8) is 0 Å². The molecule has 0 aromatic rings. The van der Waals surface area contributed by atoms with Crippen molar-refractivity contribution in [2.24, 2.45) is 0 Å². The molecule has 0 aliphatic heterocycles. The monoisotopic (exact) mass is 187 g/mol. The SMILES string of the molecule is CCN(CC)C(C)(C)CCC(=O)O. The standard InChI is InChI=1S/C10H21NO2/c1-5-11(6-2)10(3,4)8-7-9(12)13/h5-8H2,1-4H3,(H,12,13). The van der Waals surface area contributed by atoms with Crippen LogP contribution in [0.2, 0.25) is 0 Å². The number of carboxylic acids is 1. The lowest BCUT2D eigenvalue weighted by Crippen LogP contribution is -2.43. The highest BCUT2D eigenvalue weighted by molar-refractivity contribution is 5.66. The second-order valence-electron chi connectivity index (χ2n) is 3.88. The molecule has 0 aliphatic carbocycles. The van der Waals surface area contributed by atoms with Crippen molar-refractivity contribution < 1.29 is 9.90 Å². The fourth-order valence-electron chi connectivity index (χ4n) is 1.65. The summed E-state index contributed by atoms with van der Waals surface area (Å²) in [4.78, 5) is 12.7. The minimum atomic E-state index is -0.708. The molecule has 0 aliphatic rings. The van der Waals surface area contributed by atoms with E-state index in [9.17, 15) is 4.79 Å². The third kappa shape index (κ3) is 4.27. The first kappa shape index (κ1) is 12.4. The fraction of sp³-hybridized carbons (Fsp3) is 0.900. The Kier molecular flexibility index (Phi) is 4.99. The maximum atomic E-state index is 10.4. The van der Waals surface area contributed by atoms with E-state index in [4.69, 9.17) is 5.11 Å². The van der Waals surface area contributed by atoms with Crippen molar-refractivity contribution in [3.05, 3.63) is 0 Å². The molecule has 0 unspecified atom stereocenters. The lowest BCUT2D eigenvalue weighted by atomic mass is 9.96. The number of aliphatic carboxylic acids is 1. The molecule has 3 nitrogen and oxygen atoms in total. The summed E-state index contributed by atoms with van der Waals surface area (Å²) in [7, 11) is 0. The molecule has 0 spiro atoms. The van der Waals surface area contributed by atoms with Gasteiger partial charge in [0.25, 0.3) is 0 Å². The smallest absolute Gasteiger partial charge is 0.303 e. The van der Waals surface area contributed by atoms with Gasteiger partial charge in [-0.25, -0.2) is 0 Å². The zero-order chi connectivity index (χ0) is 10.5. The summed E-state index contributed by atoms with van der Waals surface area (Å²) >= 11 is 0. The minimum absolute atomic E-state index is 0.00188. The van der Waals surface area contributed by atoms with Gasteiger partial charge in [-0.1, -0.05) is 13.8 Å². The highest BCUT2D eigenvalue weighted by Crippen LogP contribution is 2.19. The number of rotatable bonds is 6. The molecule has 0 fully saturated rings. The molecule has 0 heterocycles. The van der Waals surface area contributed by atoms with E-state index in [1.807, 2.05) is 0 Å². The van der Waals surface area contributed by atoms with Crippen molar-refractivity contribution in [2.75, 3.05) is 13.1 Å². The van der Waals surface area contributed by atoms with Crippen LogP contribution in [0.4, 0.5) is 0 Å². The summed E-state index contributed by atoms with van der Waals surface area (Å²) in [5.74, 6) is -0.708. The Morgan fingerprint density at radius 3 is 2.08 bits per heavy atom. The van der Waals surface area contributed by atoms with E-state index in [1.54, 1.807) is 0 Å². The van der Waals surface area contributed by atoms with Gasteiger partial charge in [-0.15, -0.1) is 0 Å². The van der Waals surface area contributed by atoms with Crippen molar-refractivity contribution in [1.29, 1.82) is 0 Å². The molecule has 13 heavy (non-hydrogen) atoms. The Labute approximate surface area is 80.7 Å². The molecule has 78 valence electrons. The Balaban J connectivity index is 4.10. The van der Waals surface area contributed by atoms with Crippen molar-refractivity contribution in [3.8, 4) is 0 Å².